The lowest BCUT2D eigenvalue weighted by Gasteiger charge is -2.22. The highest BCUT2D eigenvalue weighted by Crippen LogP contribution is 2.37. The summed E-state index contributed by atoms with van der Waals surface area (Å²) in [6.45, 7) is 6.99. The first-order valence-corrected chi connectivity index (χ1v) is 13.9. The Morgan fingerprint density at radius 3 is 2.72 bits per heavy atom. The maximum atomic E-state index is 14.2. The quantitative estimate of drug-likeness (QED) is 0.249. The summed E-state index contributed by atoms with van der Waals surface area (Å²) in [5.74, 6) is -0.232. The normalized spacial score (nSPS) is 16.1. The Balaban J connectivity index is 1.27. The fraction of sp³-hybridized carbons (Fsp3) is 0.379. The second-order valence-electron chi connectivity index (χ2n) is 11.6. The van der Waals surface area contributed by atoms with Crippen LogP contribution in [-0.2, 0) is 18.1 Å². The Bertz CT molecular complexity index is 1780. The molecule has 0 aliphatic carbocycles. The van der Waals surface area contributed by atoms with Crippen molar-refractivity contribution >= 4 is 17.1 Å². The molecule has 0 saturated carbocycles. The molecule has 1 amide bonds. The average Bonchev–Trinajstić information content (AvgIpc) is 3.75. The van der Waals surface area contributed by atoms with Crippen LogP contribution in [0.25, 0.3) is 33.7 Å². The molecule has 3 N–H and O–H groups in total. The van der Waals surface area contributed by atoms with Crippen molar-refractivity contribution in [1.29, 1.82) is 0 Å². The van der Waals surface area contributed by atoms with E-state index in [9.17, 15) is 18.0 Å². The Kier molecular flexibility index (Phi) is 7.24. The Labute approximate surface area is 244 Å². The molecule has 5 aromatic rings. The highest BCUT2D eigenvalue weighted by atomic mass is 19.4. The van der Waals surface area contributed by atoms with Crippen LogP contribution in [0.15, 0.2) is 47.4 Å². The molecule has 1 saturated heterocycles. The van der Waals surface area contributed by atoms with Gasteiger partial charge >= 0.3 is 18.0 Å². The minimum atomic E-state index is -4.67. The number of benzene rings is 1. The van der Waals surface area contributed by atoms with Crippen LogP contribution in [0.3, 0.4) is 0 Å². The van der Waals surface area contributed by atoms with Crippen molar-refractivity contribution in [1.82, 2.24) is 45.5 Å². The van der Waals surface area contributed by atoms with Crippen molar-refractivity contribution in [2.24, 2.45) is 0 Å². The Morgan fingerprint density at radius 2 is 2.00 bits per heavy atom. The van der Waals surface area contributed by atoms with Gasteiger partial charge in [0.15, 0.2) is 11.5 Å². The van der Waals surface area contributed by atoms with Crippen LogP contribution in [0.2, 0.25) is 0 Å². The van der Waals surface area contributed by atoms with Crippen molar-refractivity contribution in [2.45, 2.75) is 57.8 Å². The molecule has 1 aliphatic heterocycles. The number of piperidine rings is 1. The van der Waals surface area contributed by atoms with E-state index in [1.807, 2.05) is 31.6 Å². The number of H-pyrrole nitrogens is 1. The number of pyridine rings is 1. The predicted molar refractivity (Wildman–Crippen MR) is 151 cm³/mol. The SMILES string of the molecule is CC(C)(C)c1noc(C(=O)NCc2ccc(-c3ccnc4nc(-c5cnn(C6CCCNC6)c5)[nH]c34)cc2C(F)(F)F)n1. The molecule has 14 heteroatoms. The van der Waals surface area contributed by atoms with Crippen molar-refractivity contribution < 1.29 is 22.5 Å². The number of nitrogens with zero attached hydrogens (tertiary/aromatic N) is 6. The molecule has 11 nitrogen and oxygen atoms in total. The zero-order valence-electron chi connectivity index (χ0n) is 23.8. The van der Waals surface area contributed by atoms with Gasteiger partial charge in [-0.15, -0.1) is 0 Å². The van der Waals surface area contributed by atoms with Crippen LogP contribution in [0.5, 0.6) is 0 Å². The Hall–Kier alpha value is -4.59. The van der Waals surface area contributed by atoms with Crippen molar-refractivity contribution in [3.05, 3.63) is 65.7 Å². The molecular formula is C29H30F3N9O2. The first kappa shape index (κ1) is 28.5. The third kappa shape index (κ3) is 5.87. The fourth-order valence-electron chi connectivity index (χ4n) is 5.04. The third-order valence-corrected chi connectivity index (χ3v) is 7.37. The summed E-state index contributed by atoms with van der Waals surface area (Å²) in [5.41, 5.74) is 1.02. The standard InChI is InChI=1S/C29H30F3N9O2/c1-28(2,3)27-39-26(43-40-27)25(42)35-12-17-7-6-16(11-21(17)29(30,31)32)20-8-10-34-24-22(20)37-23(38-24)18-13-36-41(15-18)19-5-4-9-33-14-19/h6-8,10-11,13,15,19,33H,4-5,9,12,14H2,1-3H3,(H,35,42)(H,34,37,38). The smallest absolute Gasteiger partial charge is 0.344 e. The summed E-state index contributed by atoms with van der Waals surface area (Å²) in [4.78, 5) is 28.8. The van der Waals surface area contributed by atoms with Crippen LogP contribution in [0, 0.1) is 0 Å². The fourth-order valence-corrected chi connectivity index (χ4v) is 5.04. The molecule has 1 aromatic carbocycles. The molecule has 5 heterocycles. The van der Waals surface area contributed by atoms with Crippen LogP contribution in [0.1, 0.15) is 67.3 Å². The van der Waals surface area contributed by atoms with Gasteiger partial charge in [0.2, 0.25) is 0 Å². The van der Waals surface area contributed by atoms with Gasteiger partial charge in [-0.3, -0.25) is 9.48 Å². The van der Waals surface area contributed by atoms with E-state index >= 15 is 0 Å². The van der Waals surface area contributed by atoms with Gasteiger partial charge < -0.3 is 20.1 Å². The summed E-state index contributed by atoms with van der Waals surface area (Å²) in [6, 6.07) is 5.87. The first-order valence-electron chi connectivity index (χ1n) is 13.9. The molecule has 43 heavy (non-hydrogen) atoms. The molecule has 1 atom stereocenters. The van der Waals surface area contributed by atoms with Gasteiger partial charge in [0, 0.05) is 36.5 Å². The zero-order chi connectivity index (χ0) is 30.4. The lowest BCUT2D eigenvalue weighted by atomic mass is 9.96. The minimum absolute atomic E-state index is 0.111. The minimum Gasteiger partial charge on any atom is -0.344 e. The monoisotopic (exact) mass is 593 g/mol. The number of fused-ring (bicyclic) bond motifs is 1. The van der Waals surface area contributed by atoms with E-state index in [0.29, 0.717) is 33.9 Å². The number of aromatic amines is 1. The number of nitrogens with one attached hydrogen (secondary N) is 3. The number of imidazole rings is 1. The summed E-state index contributed by atoms with van der Waals surface area (Å²) in [5, 5.41) is 14.1. The van der Waals surface area contributed by atoms with E-state index in [1.54, 1.807) is 18.3 Å². The topological polar surface area (TPSA) is 139 Å². The molecule has 0 spiro atoms. The van der Waals surface area contributed by atoms with Gasteiger partial charge in [-0.2, -0.15) is 23.3 Å². The van der Waals surface area contributed by atoms with E-state index in [4.69, 9.17) is 4.52 Å². The maximum absolute atomic E-state index is 14.2. The number of rotatable bonds is 6. The first-order chi connectivity index (χ1) is 20.5. The number of hydrogen-bond donors (Lipinski definition) is 3. The molecule has 224 valence electrons. The summed E-state index contributed by atoms with van der Waals surface area (Å²) < 4.78 is 49.6. The number of hydrogen-bond acceptors (Lipinski definition) is 8. The van der Waals surface area contributed by atoms with Crippen LogP contribution < -0.4 is 10.6 Å². The van der Waals surface area contributed by atoms with Crippen molar-refractivity contribution in [3.8, 4) is 22.5 Å². The lowest BCUT2D eigenvalue weighted by molar-refractivity contribution is -0.138. The van der Waals surface area contributed by atoms with Gasteiger partial charge in [-0.05, 0) is 42.6 Å². The number of carbonyl (C=O) groups is 1. The Morgan fingerprint density at radius 1 is 1.16 bits per heavy atom. The second-order valence-corrected chi connectivity index (χ2v) is 11.6. The van der Waals surface area contributed by atoms with Gasteiger partial charge in [-0.25, -0.2) is 9.97 Å². The molecule has 1 unspecified atom stereocenters. The van der Waals surface area contributed by atoms with Crippen molar-refractivity contribution in [3.63, 3.8) is 0 Å². The predicted octanol–water partition coefficient (Wildman–Crippen LogP) is 5.04. The lowest BCUT2D eigenvalue weighted by Crippen LogP contribution is -2.31. The number of alkyl halides is 3. The van der Waals surface area contributed by atoms with E-state index in [2.05, 4.69) is 40.8 Å². The zero-order valence-corrected chi connectivity index (χ0v) is 23.8. The van der Waals surface area contributed by atoms with Gasteiger partial charge in [0.05, 0.1) is 28.9 Å². The van der Waals surface area contributed by atoms with E-state index < -0.39 is 23.1 Å². The van der Waals surface area contributed by atoms with Crippen LogP contribution >= 0.6 is 0 Å². The molecule has 0 radical (unpaired) electrons. The molecule has 4 aromatic heterocycles. The third-order valence-electron chi connectivity index (χ3n) is 7.37. The van der Waals surface area contributed by atoms with Crippen LogP contribution in [0.4, 0.5) is 13.2 Å². The van der Waals surface area contributed by atoms with Gasteiger partial charge in [-0.1, -0.05) is 38.1 Å². The number of amides is 1. The highest BCUT2D eigenvalue weighted by Gasteiger charge is 2.34. The molecular weight excluding hydrogens is 563 g/mol. The van der Waals surface area contributed by atoms with E-state index in [0.717, 1.165) is 37.6 Å². The number of aromatic nitrogens is 7. The van der Waals surface area contributed by atoms with E-state index in [-0.39, 0.29) is 24.0 Å². The summed E-state index contributed by atoms with van der Waals surface area (Å²) in [7, 11) is 0. The molecule has 1 fully saturated rings. The van der Waals surface area contributed by atoms with Crippen molar-refractivity contribution in [2.75, 3.05) is 13.1 Å². The average molecular weight is 594 g/mol. The largest absolute Gasteiger partial charge is 0.416 e. The number of halogens is 3. The maximum Gasteiger partial charge on any atom is 0.416 e. The number of carbonyl (C=O) groups excluding carboxylic acids is 1. The molecule has 1 aliphatic rings. The van der Waals surface area contributed by atoms with E-state index in [1.165, 1.54) is 12.3 Å². The van der Waals surface area contributed by atoms with Crippen LogP contribution in [-0.4, -0.2) is 53.9 Å². The van der Waals surface area contributed by atoms with Gasteiger partial charge in [0.1, 0.15) is 5.82 Å². The van der Waals surface area contributed by atoms with Gasteiger partial charge in [0.25, 0.3) is 0 Å². The molecule has 0 bridgehead atoms. The molecule has 6 rings (SSSR count). The highest BCUT2D eigenvalue weighted by molar-refractivity contribution is 5.92. The summed E-state index contributed by atoms with van der Waals surface area (Å²) in [6.07, 6.45) is 2.56. The second kappa shape index (κ2) is 10.9. The summed E-state index contributed by atoms with van der Waals surface area (Å²) >= 11 is 0.